The molecule has 0 saturated carbocycles. The third-order valence-electron chi connectivity index (χ3n) is 2.36. The quantitative estimate of drug-likeness (QED) is 0.504. The van der Waals surface area contributed by atoms with E-state index in [1.165, 1.54) is 0 Å². The lowest BCUT2D eigenvalue weighted by Crippen LogP contribution is -2.02. The SMILES string of the molecule is CCC/C(C#N)=C(/N)c1cc(F)cc([N+](=O)[O-])c1. The van der Waals surface area contributed by atoms with Gasteiger partial charge in [-0.05, 0) is 12.5 Å². The Balaban J connectivity index is 3.33. The summed E-state index contributed by atoms with van der Waals surface area (Å²) in [6.07, 6.45) is 1.16. The van der Waals surface area contributed by atoms with Gasteiger partial charge >= 0.3 is 0 Å². The van der Waals surface area contributed by atoms with Gasteiger partial charge in [0.1, 0.15) is 5.82 Å². The van der Waals surface area contributed by atoms with Crippen LogP contribution in [0.2, 0.25) is 0 Å². The Hall–Kier alpha value is -2.42. The van der Waals surface area contributed by atoms with Gasteiger partial charge in [-0.2, -0.15) is 5.26 Å². The van der Waals surface area contributed by atoms with Crippen LogP contribution in [-0.4, -0.2) is 4.92 Å². The Labute approximate surface area is 103 Å². The highest BCUT2D eigenvalue weighted by Gasteiger charge is 2.13. The molecule has 6 heteroatoms. The van der Waals surface area contributed by atoms with Crippen molar-refractivity contribution in [1.82, 2.24) is 0 Å². The summed E-state index contributed by atoms with van der Waals surface area (Å²) in [4.78, 5) is 9.91. The monoisotopic (exact) mass is 249 g/mol. The average Bonchev–Trinajstić information content (AvgIpc) is 2.34. The minimum absolute atomic E-state index is 0.0851. The van der Waals surface area contributed by atoms with E-state index in [4.69, 9.17) is 11.0 Å². The topological polar surface area (TPSA) is 93.0 Å². The summed E-state index contributed by atoms with van der Waals surface area (Å²) in [5.74, 6) is -0.754. The van der Waals surface area contributed by atoms with Gasteiger partial charge in [-0.15, -0.1) is 0 Å². The summed E-state index contributed by atoms with van der Waals surface area (Å²) in [6, 6.07) is 4.98. The van der Waals surface area contributed by atoms with E-state index in [0.717, 1.165) is 18.2 Å². The van der Waals surface area contributed by atoms with E-state index in [0.29, 0.717) is 18.4 Å². The molecule has 94 valence electrons. The largest absolute Gasteiger partial charge is 0.397 e. The second-order valence-corrected chi connectivity index (χ2v) is 3.71. The molecule has 2 N–H and O–H groups in total. The summed E-state index contributed by atoms with van der Waals surface area (Å²) in [6.45, 7) is 1.87. The molecule has 0 saturated heterocycles. The fraction of sp³-hybridized carbons (Fsp3) is 0.250. The van der Waals surface area contributed by atoms with Crippen LogP contribution in [0.1, 0.15) is 25.3 Å². The van der Waals surface area contributed by atoms with Gasteiger partial charge in [-0.1, -0.05) is 13.3 Å². The van der Waals surface area contributed by atoms with Gasteiger partial charge in [0.15, 0.2) is 0 Å². The van der Waals surface area contributed by atoms with Gasteiger partial charge in [-0.25, -0.2) is 4.39 Å². The normalized spacial score (nSPS) is 11.6. The molecule has 0 fully saturated rings. The van der Waals surface area contributed by atoms with Crippen LogP contribution in [0, 0.1) is 27.3 Å². The van der Waals surface area contributed by atoms with E-state index in [-0.39, 0.29) is 16.9 Å². The van der Waals surface area contributed by atoms with Crippen molar-refractivity contribution in [3.8, 4) is 6.07 Å². The Morgan fingerprint density at radius 3 is 2.72 bits per heavy atom. The molecule has 0 amide bonds. The number of hydrogen-bond acceptors (Lipinski definition) is 4. The van der Waals surface area contributed by atoms with E-state index < -0.39 is 10.7 Å². The summed E-state index contributed by atoms with van der Waals surface area (Å²) in [5.41, 5.74) is 5.90. The molecule has 0 aliphatic heterocycles. The first-order valence-electron chi connectivity index (χ1n) is 5.33. The third kappa shape index (κ3) is 3.04. The zero-order valence-corrected chi connectivity index (χ0v) is 9.81. The minimum Gasteiger partial charge on any atom is -0.397 e. The van der Waals surface area contributed by atoms with E-state index in [9.17, 15) is 14.5 Å². The number of hydrogen-bond donors (Lipinski definition) is 1. The number of nitrogens with zero attached hydrogens (tertiary/aromatic N) is 2. The van der Waals surface area contributed by atoms with E-state index in [1.54, 1.807) is 0 Å². The molecular formula is C12H12FN3O2. The lowest BCUT2D eigenvalue weighted by molar-refractivity contribution is -0.385. The number of non-ortho nitro benzene ring substituents is 1. The summed E-state index contributed by atoms with van der Waals surface area (Å²) in [5, 5.41) is 19.5. The fourth-order valence-corrected chi connectivity index (χ4v) is 1.51. The van der Waals surface area contributed by atoms with Gasteiger partial charge in [0.05, 0.1) is 28.3 Å². The standard InChI is InChI=1S/C12H12FN3O2/c1-2-3-8(7-14)12(15)9-4-10(13)6-11(5-9)16(17)18/h4-6H,2-3,15H2,1H3/b12-8-. The van der Waals surface area contributed by atoms with Crippen molar-refractivity contribution in [3.05, 3.63) is 45.3 Å². The number of allylic oxidation sites excluding steroid dienone is 1. The average molecular weight is 249 g/mol. The molecule has 1 aromatic carbocycles. The molecule has 1 aromatic rings. The molecule has 1 rings (SSSR count). The van der Waals surface area contributed by atoms with Crippen LogP contribution in [0.15, 0.2) is 23.8 Å². The predicted molar refractivity (Wildman–Crippen MR) is 64.7 cm³/mol. The van der Waals surface area contributed by atoms with Crippen molar-refractivity contribution in [3.63, 3.8) is 0 Å². The fourth-order valence-electron chi connectivity index (χ4n) is 1.51. The summed E-state index contributed by atoms with van der Waals surface area (Å²) < 4.78 is 13.2. The molecule has 0 radical (unpaired) electrons. The van der Waals surface area contributed by atoms with Crippen molar-refractivity contribution in [2.24, 2.45) is 5.73 Å². The summed E-state index contributed by atoms with van der Waals surface area (Å²) >= 11 is 0. The van der Waals surface area contributed by atoms with Gasteiger partial charge in [0, 0.05) is 11.6 Å². The maximum atomic E-state index is 13.2. The molecule has 0 aliphatic rings. The van der Waals surface area contributed by atoms with Crippen LogP contribution in [0.4, 0.5) is 10.1 Å². The number of benzene rings is 1. The van der Waals surface area contributed by atoms with Crippen LogP contribution in [0.5, 0.6) is 0 Å². The van der Waals surface area contributed by atoms with Gasteiger partial charge in [0.2, 0.25) is 0 Å². The molecule has 18 heavy (non-hydrogen) atoms. The van der Waals surface area contributed by atoms with Crippen LogP contribution in [-0.2, 0) is 0 Å². The van der Waals surface area contributed by atoms with Gasteiger partial charge in [-0.3, -0.25) is 10.1 Å². The molecule has 0 unspecified atom stereocenters. The molecular weight excluding hydrogens is 237 g/mol. The Morgan fingerprint density at radius 1 is 1.56 bits per heavy atom. The van der Waals surface area contributed by atoms with Crippen molar-refractivity contribution < 1.29 is 9.31 Å². The number of nitrogens with two attached hydrogens (primary N) is 1. The Bertz CT molecular complexity index is 547. The highest BCUT2D eigenvalue weighted by molar-refractivity contribution is 5.70. The predicted octanol–water partition coefficient (Wildman–Crippen LogP) is 2.73. The van der Waals surface area contributed by atoms with Crippen LogP contribution in [0.3, 0.4) is 0 Å². The van der Waals surface area contributed by atoms with Gasteiger partial charge in [0.25, 0.3) is 5.69 Å². The van der Waals surface area contributed by atoms with E-state index in [1.807, 2.05) is 13.0 Å². The van der Waals surface area contributed by atoms with Crippen molar-refractivity contribution in [1.29, 1.82) is 5.26 Å². The highest BCUT2D eigenvalue weighted by Crippen LogP contribution is 2.23. The zero-order valence-electron chi connectivity index (χ0n) is 9.81. The highest BCUT2D eigenvalue weighted by atomic mass is 19.1. The lowest BCUT2D eigenvalue weighted by atomic mass is 10.0. The van der Waals surface area contributed by atoms with Crippen LogP contribution in [0.25, 0.3) is 5.70 Å². The molecule has 0 atom stereocenters. The first kappa shape index (κ1) is 13.6. The van der Waals surface area contributed by atoms with Gasteiger partial charge < -0.3 is 5.73 Å². The number of halogens is 1. The second kappa shape index (κ2) is 5.77. The second-order valence-electron chi connectivity index (χ2n) is 3.71. The van der Waals surface area contributed by atoms with Crippen molar-refractivity contribution in [2.75, 3.05) is 0 Å². The lowest BCUT2D eigenvalue weighted by Gasteiger charge is -2.05. The smallest absolute Gasteiger partial charge is 0.273 e. The zero-order chi connectivity index (χ0) is 13.7. The molecule has 0 aromatic heterocycles. The molecule has 0 spiro atoms. The van der Waals surface area contributed by atoms with Crippen molar-refractivity contribution >= 4 is 11.4 Å². The van der Waals surface area contributed by atoms with E-state index in [2.05, 4.69) is 0 Å². The molecule has 0 aliphatic carbocycles. The minimum atomic E-state index is -0.754. The maximum absolute atomic E-state index is 13.2. The summed E-state index contributed by atoms with van der Waals surface area (Å²) in [7, 11) is 0. The molecule has 0 heterocycles. The van der Waals surface area contributed by atoms with Crippen LogP contribution >= 0.6 is 0 Å². The third-order valence-corrected chi connectivity index (χ3v) is 2.36. The number of nitro groups is 1. The first-order chi connectivity index (χ1) is 8.49. The van der Waals surface area contributed by atoms with E-state index >= 15 is 0 Å². The Kier molecular flexibility index (Phi) is 4.38. The molecule has 0 bridgehead atoms. The molecule has 5 nitrogen and oxygen atoms in total. The van der Waals surface area contributed by atoms with Crippen LogP contribution < -0.4 is 5.73 Å². The maximum Gasteiger partial charge on any atom is 0.273 e. The Morgan fingerprint density at radius 2 is 2.22 bits per heavy atom. The van der Waals surface area contributed by atoms with Crippen molar-refractivity contribution in [2.45, 2.75) is 19.8 Å². The number of nitro benzene ring substituents is 1. The number of rotatable bonds is 4. The number of nitriles is 1. The first-order valence-corrected chi connectivity index (χ1v) is 5.33.